The van der Waals surface area contributed by atoms with Crippen LogP contribution in [0.15, 0.2) is 24.3 Å². The summed E-state index contributed by atoms with van der Waals surface area (Å²) in [5.74, 6) is 1.33. The lowest BCUT2D eigenvalue weighted by atomic mass is 9.95. The minimum atomic E-state index is -0.0784. The number of fused-ring (bicyclic) bond motifs is 1. The molecule has 1 aromatic carbocycles. The van der Waals surface area contributed by atoms with Gasteiger partial charge in [0.1, 0.15) is 5.82 Å². The molecule has 1 N–H and O–H groups in total. The first-order valence-corrected chi connectivity index (χ1v) is 11.2. The minimum absolute atomic E-state index is 0.0784. The third-order valence-corrected chi connectivity index (χ3v) is 5.97. The number of aryl methyl sites for hydroxylation is 1. The van der Waals surface area contributed by atoms with Crippen LogP contribution < -0.4 is 10.2 Å². The summed E-state index contributed by atoms with van der Waals surface area (Å²) in [7, 11) is 0. The first-order valence-electron chi connectivity index (χ1n) is 11.2. The molecule has 3 rings (SSSR count). The number of aromatic nitrogens is 1. The van der Waals surface area contributed by atoms with E-state index in [4.69, 9.17) is 4.98 Å². The molecule has 6 nitrogen and oxygen atoms in total. The van der Waals surface area contributed by atoms with E-state index < -0.39 is 0 Å². The third kappa shape index (κ3) is 5.10. The van der Waals surface area contributed by atoms with Gasteiger partial charge in [0, 0.05) is 50.1 Å². The summed E-state index contributed by atoms with van der Waals surface area (Å²) in [6.07, 6.45) is 3.94. The number of carbonyl (C=O) groups is 2. The molecule has 0 saturated carbocycles. The van der Waals surface area contributed by atoms with E-state index in [9.17, 15) is 9.59 Å². The van der Waals surface area contributed by atoms with Crippen LogP contribution in [0.3, 0.4) is 0 Å². The smallest absolute Gasteiger partial charge is 0.225 e. The zero-order valence-corrected chi connectivity index (χ0v) is 18.7. The topological polar surface area (TPSA) is 65.5 Å². The minimum Gasteiger partial charge on any atom is -0.357 e. The average molecular weight is 411 g/mol. The van der Waals surface area contributed by atoms with Crippen LogP contribution in [0.5, 0.6) is 0 Å². The van der Waals surface area contributed by atoms with E-state index in [0.717, 1.165) is 79.8 Å². The fourth-order valence-corrected chi connectivity index (χ4v) is 4.21. The normalized spacial score (nSPS) is 14.7. The number of hydrogen-bond donors (Lipinski definition) is 1. The maximum Gasteiger partial charge on any atom is 0.225 e. The van der Waals surface area contributed by atoms with Crippen molar-refractivity contribution in [3.63, 3.8) is 0 Å². The summed E-state index contributed by atoms with van der Waals surface area (Å²) in [6, 6.07) is 7.94. The molecular formula is C24H34N4O2. The van der Waals surface area contributed by atoms with E-state index in [-0.39, 0.29) is 11.8 Å². The number of nitrogens with zero attached hydrogens (tertiary/aromatic N) is 3. The Morgan fingerprint density at radius 2 is 1.93 bits per heavy atom. The number of amides is 2. The zero-order valence-electron chi connectivity index (χ0n) is 18.7. The largest absolute Gasteiger partial charge is 0.357 e. The summed E-state index contributed by atoms with van der Waals surface area (Å²) in [5.41, 5.74) is 2.85. The first kappa shape index (κ1) is 22.1. The van der Waals surface area contributed by atoms with Gasteiger partial charge in [0.15, 0.2) is 0 Å². The Morgan fingerprint density at radius 1 is 1.20 bits per heavy atom. The predicted octanol–water partition coefficient (Wildman–Crippen LogP) is 4.37. The SMILES string of the molecule is CCCCN(CC)C(=O)C1CCN(c2cc(C)c3cc(NC(C)=O)ccc3n2)CC1. The molecule has 162 valence electrons. The van der Waals surface area contributed by atoms with Crippen LogP contribution in [0.4, 0.5) is 11.5 Å². The number of pyridine rings is 1. The van der Waals surface area contributed by atoms with Crippen LogP contribution in [0, 0.1) is 12.8 Å². The van der Waals surface area contributed by atoms with Gasteiger partial charge in [-0.25, -0.2) is 4.98 Å². The van der Waals surface area contributed by atoms with Crippen molar-refractivity contribution in [3.8, 4) is 0 Å². The van der Waals surface area contributed by atoms with Crippen molar-refractivity contribution < 1.29 is 9.59 Å². The number of anilines is 2. The molecule has 1 aliphatic heterocycles. The number of rotatable bonds is 7. The van der Waals surface area contributed by atoms with E-state index in [1.54, 1.807) is 0 Å². The number of carbonyl (C=O) groups excluding carboxylic acids is 2. The van der Waals surface area contributed by atoms with Gasteiger partial charge in [-0.3, -0.25) is 9.59 Å². The maximum absolute atomic E-state index is 12.9. The third-order valence-electron chi connectivity index (χ3n) is 5.97. The second-order valence-corrected chi connectivity index (χ2v) is 8.24. The zero-order chi connectivity index (χ0) is 21.7. The van der Waals surface area contributed by atoms with Gasteiger partial charge < -0.3 is 15.1 Å². The first-order chi connectivity index (χ1) is 14.4. The highest BCUT2D eigenvalue weighted by molar-refractivity contribution is 5.93. The molecule has 0 atom stereocenters. The van der Waals surface area contributed by atoms with Gasteiger partial charge in [0.05, 0.1) is 5.52 Å². The summed E-state index contributed by atoms with van der Waals surface area (Å²) in [4.78, 5) is 33.4. The van der Waals surface area contributed by atoms with Crippen molar-refractivity contribution >= 4 is 34.2 Å². The highest BCUT2D eigenvalue weighted by atomic mass is 16.2. The van der Waals surface area contributed by atoms with Crippen LogP contribution in [0.1, 0.15) is 52.0 Å². The molecule has 1 fully saturated rings. The lowest BCUT2D eigenvalue weighted by molar-refractivity contribution is -0.136. The van der Waals surface area contributed by atoms with Gasteiger partial charge in [-0.05, 0) is 62.9 Å². The molecule has 2 heterocycles. The van der Waals surface area contributed by atoms with Crippen LogP contribution in [0.25, 0.3) is 10.9 Å². The molecule has 0 aliphatic carbocycles. The van der Waals surface area contributed by atoms with Gasteiger partial charge >= 0.3 is 0 Å². The fourth-order valence-electron chi connectivity index (χ4n) is 4.21. The van der Waals surface area contributed by atoms with Crippen LogP contribution in [-0.4, -0.2) is 47.9 Å². The van der Waals surface area contributed by atoms with E-state index in [1.165, 1.54) is 6.92 Å². The molecule has 30 heavy (non-hydrogen) atoms. The van der Waals surface area contributed by atoms with Crippen molar-refractivity contribution in [2.45, 2.75) is 53.4 Å². The quantitative estimate of drug-likeness (QED) is 0.736. The van der Waals surface area contributed by atoms with Gasteiger partial charge in [-0.15, -0.1) is 0 Å². The van der Waals surface area contributed by atoms with E-state index in [0.29, 0.717) is 5.91 Å². The summed E-state index contributed by atoms with van der Waals surface area (Å²) in [5, 5.41) is 3.88. The van der Waals surface area contributed by atoms with Gasteiger partial charge in [0.2, 0.25) is 11.8 Å². The lowest BCUT2D eigenvalue weighted by Crippen LogP contribution is -2.43. The Labute approximate surface area is 179 Å². The van der Waals surface area contributed by atoms with Crippen LogP contribution in [-0.2, 0) is 9.59 Å². The number of unbranched alkanes of at least 4 members (excludes halogenated alkanes) is 1. The molecule has 2 amide bonds. The molecule has 0 bridgehead atoms. The summed E-state index contributed by atoms with van der Waals surface area (Å²) < 4.78 is 0. The molecule has 0 radical (unpaired) electrons. The molecule has 1 aromatic heterocycles. The Morgan fingerprint density at radius 3 is 2.57 bits per heavy atom. The van der Waals surface area contributed by atoms with E-state index in [1.807, 2.05) is 23.1 Å². The number of nitrogens with one attached hydrogen (secondary N) is 1. The molecule has 0 spiro atoms. The second kappa shape index (κ2) is 9.92. The van der Waals surface area contributed by atoms with Gasteiger partial charge in [-0.2, -0.15) is 0 Å². The van der Waals surface area contributed by atoms with Crippen LogP contribution >= 0.6 is 0 Å². The van der Waals surface area contributed by atoms with Crippen molar-refractivity contribution in [2.75, 3.05) is 36.4 Å². The fraction of sp³-hybridized carbons (Fsp3) is 0.542. The van der Waals surface area contributed by atoms with Gasteiger partial charge in [0.25, 0.3) is 0 Å². The molecular weight excluding hydrogens is 376 g/mol. The molecule has 1 aliphatic rings. The number of hydrogen-bond acceptors (Lipinski definition) is 4. The van der Waals surface area contributed by atoms with Crippen LogP contribution in [0.2, 0.25) is 0 Å². The summed E-state index contributed by atoms with van der Waals surface area (Å²) in [6.45, 7) is 11.2. The second-order valence-electron chi connectivity index (χ2n) is 8.24. The molecule has 1 saturated heterocycles. The Bertz CT molecular complexity index is 903. The van der Waals surface area contributed by atoms with Crippen molar-refractivity contribution in [1.82, 2.24) is 9.88 Å². The molecule has 2 aromatic rings. The highest BCUT2D eigenvalue weighted by Crippen LogP contribution is 2.28. The predicted molar refractivity (Wildman–Crippen MR) is 123 cm³/mol. The molecule has 0 unspecified atom stereocenters. The van der Waals surface area contributed by atoms with Crippen molar-refractivity contribution in [2.24, 2.45) is 5.92 Å². The Hall–Kier alpha value is -2.63. The monoisotopic (exact) mass is 410 g/mol. The summed E-state index contributed by atoms with van der Waals surface area (Å²) >= 11 is 0. The van der Waals surface area contributed by atoms with E-state index >= 15 is 0 Å². The van der Waals surface area contributed by atoms with Gasteiger partial charge in [-0.1, -0.05) is 13.3 Å². The van der Waals surface area contributed by atoms with E-state index in [2.05, 4.69) is 37.1 Å². The average Bonchev–Trinajstić information content (AvgIpc) is 2.74. The molecule has 6 heteroatoms. The lowest BCUT2D eigenvalue weighted by Gasteiger charge is -2.35. The number of benzene rings is 1. The maximum atomic E-state index is 12.9. The van der Waals surface area contributed by atoms with Crippen molar-refractivity contribution in [3.05, 3.63) is 29.8 Å². The standard InChI is InChI=1S/C24H34N4O2/c1-5-7-12-27(6-2)24(30)19-10-13-28(14-11-19)23-15-17(3)21-16-20(25-18(4)29)8-9-22(21)26-23/h8-9,15-16,19H,5-7,10-14H2,1-4H3,(H,25,29). The Balaban J connectivity index is 1.69. The Kier molecular flexibility index (Phi) is 7.29. The highest BCUT2D eigenvalue weighted by Gasteiger charge is 2.28. The van der Waals surface area contributed by atoms with Crippen molar-refractivity contribution in [1.29, 1.82) is 0 Å². The number of piperidine rings is 1.